The number of fused-ring (bicyclic) bond motifs is 1. The number of aromatic nitrogens is 2. The molecule has 0 unspecified atom stereocenters. The van der Waals surface area contributed by atoms with Gasteiger partial charge >= 0.3 is 11.9 Å². The smallest absolute Gasteiger partial charge is 0.352 e. The van der Waals surface area contributed by atoms with Gasteiger partial charge in [-0.25, -0.2) is 19.1 Å². The Balaban J connectivity index is 1.31. The van der Waals surface area contributed by atoms with Crippen molar-refractivity contribution >= 4 is 81.8 Å². The molecule has 15 heteroatoms. The van der Waals surface area contributed by atoms with Crippen molar-refractivity contribution < 1.29 is 34.3 Å². The van der Waals surface area contributed by atoms with E-state index in [1.807, 2.05) is 29.1 Å². The largest absolute Gasteiger partial charge is 0.479 e. The number of unbranched alkanes of at least 4 members (excludes halogenated alkanes) is 1. The Morgan fingerprint density at radius 3 is 2.54 bits per heavy atom. The van der Waals surface area contributed by atoms with Crippen LogP contribution in [0.3, 0.4) is 0 Å². The molecule has 1 fully saturated rings. The lowest BCUT2D eigenvalue weighted by Crippen LogP contribution is -2.70. The lowest BCUT2D eigenvalue weighted by molar-refractivity contribution is -0.697. The fourth-order valence-corrected chi connectivity index (χ4v) is 7.60. The Bertz CT molecular complexity index is 1360. The van der Waals surface area contributed by atoms with Gasteiger partial charge in [0.1, 0.15) is 34.0 Å². The van der Waals surface area contributed by atoms with Gasteiger partial charge in [0.05, 0.1) is 4.99 Å². The van der Waals surface area contributed by atoms with Crippen LogP contribution in [0.1, 0.15) is 24.8 Å². The maximum atomic E-state index is 13.0. The summed E-state index contributed by atoms with van der Waals surface area (Å²) in [4.78, 5) is 42.5. The van der Waals surface area contributed by atoms with Gasteiger partial charge in [0.25, 0.3) is 5.91 Å². The molecule has 2 aromatic heterocycles. The lowest BCUT2D eigenvalue weighted by Gasteiger charge is -2.49. The van der Waals surface area contributed by atoms with Crippen LogP contribution in [0.5, 0.6) is 0 Å². The molecule has 4 rings (SSSR count). The van der Waals surface area contributed by atoms with E-state index in [1.54, 1.807) is 12.1 Å². The van der Waals surface area contributed by atoms with Crippen molar-refractivity contribution in [3.63, 3.8) is 0 Å². The molecule has 2 aliphatic heterocycles. The molecule has 0 spiro atoms. The van der Waals surface area contributed by atoms with Crippen molar-refractivity contribution in [2.75, 3.05) is 11.5 Å². The van der Waals surface area contributed by atoms with Crippen LogP contribution >= 0.6 is 58.9 Å². The number of aliphatic carboxylic acids is 2. The molecule has 4 N–H and O–H groups in total. The number of carboxylic acids is 2. The van der Waals surface area contributed by atoms with Gasteiger partial charge in [-0.05, 0) is 36.1 Å². The van der Waals surface area contributed by atoms with Crippen LogP contribution in [0, 0.1) is 0 Å². The first-order valence-electron chi connectivity index (χ1n) is 12.6. The second kappa shape index (κ2) is 14.2. The lowest BCUT2D eigenvalue weighted by atomic mass is 10.0. The molecular weight excluding hydrogens is 631 g/mol. The topological polar surface area (TPSA) is 144 Å². The molecule has 0 bridgehead atoms. The van der Waals surface area contributed by atoms with Crippen LogP contribution in [0.25, 0.3) is 0 Å². The highest BCUT2D eigenvalue weighted by Crippen LogP contribution is 2.41. The number of rotatable bonds is 13. The number of nitrogens with one attached hydrogen (secondary N) is 1. The summed E-state index contributed by atoms with van der Waals surface area (Å²) in [5, 5.41) is 31.2. The van der Waals surface area contributed by atoms with Crippen LogP contribution in [-0.2, 0) is 27.3 Å². The number of hydrogen-bond donors (Lipinski definition) is 4. The van der Waals surface area contributed by atoms with Crippen LogP contribution in [0.2, 0.25) is 10.3 Å². The Morgan fingerprint density at radius 1 is 1.22 bits per heavy atom. The summed E-state index contributed by atoms with van der Waals surface area (Å²) in [5.41, 5.74) is 1.45. The third-order valence-corrected chi connectivity index (χ3v) is 9.54. The van der Waals surface area contributed by atoms with Gasteiger partial charge in [0.15, 0.2) is 18.5 Å². The molecule has 2 aromatic rings. The summed E-state index contributed by atoms with van der Waals surface area (Å²) in [6.45, 7) is 0.684. The first kappa shape index (κ1) is 31.5. The third-order valence-electron chi connectivity index (χ3n) is 6.46. The first-order valence-corrected chi connectivity index (χ1v) is 15.8. The molecule has 4 heterocycles. The molecule has 41 heavy (non-hydrogen) atoms. The zero-order valence-electron chi connectivity index (χ0n) is 21.5. The van der Waals surface area contributed by atoms with E-state index in [0.29, 0.717) is 41.5 Å². The quantitative estimate of drug-likeness (QED) is 0.0630. The number of thiocarbonyl (C=S) groups is 1. The number of amides is 1. The fraction of sp³-hybridized carbons (Fsp3) is 0.385. The molecular formula is C26H27Cl2N4O6S3+. The van der Waals surface area contributed by atoms with Gasteiger partial charge in [0, 0.05) is 41.4 Å². The second-order valence-corrected chi connectivity index (χ2v) is 12.8. The Kier molecular flexibility index (Phi) is 10.9. The number of aliphatic hydroxyl groups excluding tert-OH is 1. The molecule has 218 valence electrons. The van der Waals surface area contributed by atoms with Gasteiger partial charge in [-0.3, -0.25) is 9.69 Å². The number of carbonyl (C=O) groups excluding carboxylic acids is 1. The fourth-order valence-electron chi connectivity index (χ4n) is 4.44. The Morgan fingerprint density at radius 2 is 1.90 bits per heavy atom. The molecule has 0 saturated carbocycles. The van der Waals surface area contributed by atoms with Crippen molar-refractivity contribution in [1.29, 1.82) is 0 Å². The minimum atomic E-state index is -1.33. The van der Waals surface area contributed by atoms with Crippen molar-refractivity contribution in [2.24, 2.45) is 0 Å². The summed E-state index contributed by atoms with van der Waals surface area (Å²) in [7, 11) is 0. The summed E-state index contributed by atoms with van der Waals surface area (Å²) in [6, 6.07) is 6.51. The summed E-state index contributed by atoms with van der Waals surface area (Å²) in [6.07, 6.45) is 4.32. The molecule has 10 nitrogen and oxygen atoms in total. The molecule has 1 amide bonds. The number of pyridine rings is 2. The normalized spacial score (nSPS) is 18.9. The maximum Gasteiger partial charge on any atom is 0.352 e. The van der Waals surface area contributed by atoms with Crippen molar-refractivity contribution in [1.82, 2.24) is 15.2 Å². The zero-order valence-corrected chi connectivity index (χ0v) is 25.5. The van der Waals surface area contributed by atoms with E-state index in [9.17, 15) is 24.6 Å². The number of halogens is 2. The van der Waals surface area contributed by atoms with Crippen molar-refractivity contribution in [2.45, 2.75) is 54.6 Å². The van der Waals surface area contributed by atoms with E-state index in [0.717, 1.165) is 16.9 Å². The van der Waals surface area contributed by atoms with E-state index in [1.165, 1.54) is 28.4 Å². The van der Waals surface area contributed by atoms with E-state index in [-0.39, 0.29) is 33.7 Å². The van der Waals surface area contributed by atoms with Crippen LogP contribution in [0.4, 0.5) is 0 Å². The minimum Gasteiger partial charge on any atom is -0.479 e. The molecule has 0 radical (unpaired) electrons. The minimum absolute atomic E-state index is 0.0254. The van der Waals surface area contributed by atoms with E-state index >= 15 is 0 Å². The van der Waals surface area contributed by atoms with Crippen molar-refractivity contribution in [3.05, 3.63) is 63.8 Å². The van der Waals surface area contributed by atoms with Gasteiger partial charge in [-0.1, -0.05) is 35.4 Å². The number of aliphatic hydroxyl groups is 1. The van der Waals surface area contributed by atoms with Gasteiger partial charge in [-0.15, -0.1) is 23.5 Å². The molecule has 2 aliphatic rings. The maximum absolute atomic E-state index is 13.0. The first-order chi connectivity index (χ1) is 19.5. The number of hydrogen-bond acceptors (Lipinski definition) is 8. The average molecular weight is 659 g/mol. The standard InChI is InChI=1S/C26H26Cl2N4O6S3/c27-18-9-14(10-19(28)29-18)11-20(39)30-21-23(34)32-22(26(37)38)15(13-41-24(21)32)12-40-16-4-7-31(8-5-16)6-2-1-3-17(33)25(35)36/h4-5,7-10,17,21,24,33H,1-3,6,11-13H2,(H2-,30,35,36,37,38,39)/p+1/t17-,21-,24+/m0/s1. The van der Waals surface area contributed by atoms with E-state index < -0.39 is 24.1 Å². The summed E-state index contributed by atoms with van der Waals surface area (Å²) < 4.78 is 1.97. The molecule has 1 saturated heterocycles. The zero-order chi connectivity index (χ0) is 29.7. The highest BCUT2D eigenvalue weighted by molar-refractivity contribution is 8.01. The average Bonchev–Trinajstić information content (AvgIpc) is 2.92. The Hall–Kier alpha value is -2.42. The number of β-lactam (4-membered cyclic amide) rings is 1. The Labute approximate surface area is 260 Å². The van der Waals surface area contributed by atoms with E-state index in [2.05, 4.69) is 10.3 Å². The van der Waals surface area contributed by atoms with Gasteiger partial charge < -0.3 is 20.6 Å². The molecule has 0 aliphatic carbocycles. The third kappa shape index (κ3) is 8.11. The predicted molar refractivity (Wildman–Crippen MR) is 160 cm³/mol. The summed E-state index contributed by atoms with van der Waals surface area (Å²) in [5.74, 6) is -1.80. The number of carboxylic acid groups (broad SMARTS) is 2. The predicted octanol–water partition coefficient (Wildman–Crippen LogP) is 3.17. The van der Waals surface area contributed by atoms with E-state index in [4.69, 9.17) is 40.5 Å². The van der Waals surface area contributed by atoms with Crippen LogP contribution in [0.15, 0.2) is 52.8 Å². The number of thioether (sulfide) groups is 2. The highest BCUT2D eigenvalue weighted by Gasteiger charge is 2.53. The van der Waals surface area contributed by atoms with Gasteiger partial charge in [-0.2, -0.15) is 0 Å². The second-order valence-electron chi connectivity index (χ2n) is 9.42. The van der Waals surface area contributed by atoms with Gasteiger partial charge in [0.2, 0.25) is 0 Å². The molecule has 0 aromatic carbocycles. The van der Waals surface area contributed by atoms with Crippen molar-refractivity contribution in [3.8, 4) is 0 Å². The number of nitrogens with zero attached hydrogens (tertiary/aromatic N) is 3. The molecule has 3 atom stereocenters. The summed E-state index contributed by atoms with van der Waals surface area (Å²) >= 11 is 20.3. The number of aryl methyl sites for hydroxylation is 1. The monoisotopic (exact) mass is 657 g/mol. The number of carbonyl (C=O) groups is 3. The van der Waals surface area contributed by atoms with Crippen LogP contribution < -0.4 is 9.88 Å². The highest BCUT2D eigenvalue weighted by atomic mass is 35.5. The van der Waals surface area contributed by atoms with Crippen LogP contribution in [-0.4, -0.2) is 77.1 Å². The SMILES string of the molecule is O=C(O)C1=C(CSc2cc[n+](CCCC[C@H](O)C(=O)O)cc2)CS[C@@H]2[C@@H](NC(=S)Cc3cc(Cl)nc(Cl)c3)C(=O)N12.